The Balaban J connectivity index is 3.14. The fourth-order valence-corrected chi connectivity index (χ4v) is 2.27. The summed E-state index contributed by atoms with van der Waals surface area (Å²) in [5.41, 5.74) is 0.0155. The Bertz CT molecular complexity index is 439. The normalized spacial score (nSPS) is 13.9. The molecule has 0 amide bonds. The van der Waals surface area contributed by atoms with E-state index >= 15 is 0 Å². The molecule has 0 aliphatic rings. The fourth-order valence-electron chi connectivity index (χ4n) is 2.27. The summed E-state index contributed by atoms with van der Waals surface area (Å²) in [6, 6.07) is 6.45. The van der Waals surface area contributed by atoms with Crippen LogP contribution in [-0.2, 0) is 0 Å². The molecule has 1 aromatic carbocycles. The number of rotatable bonds is 7. The molecule has 0 radical (unpaired) electrons. The van der Waals surface area contributed by atoms with Gasteiger partial charge in [-0.25, -0.2) is 5.26 Å². The van der Waals surface area contributed by atoms with Crippen molar-refractivity contribution in [3.05, 3.63) is 42.5 Å². The molecular formula is C15H21NO3. The monoisotopic (exact) mass is 263 g/mol. The van der Waals surface area contributed by atoms with Crippen LogP contribution in [0.15, 0.2) is 36.9 Å². The smallest absolute Gasteiger partial charge is 0.183 e. The minimum absolute atomic E-state index is 0.0457. The maximum absolute atomic E-state index is 12.7. The third kappa shape index (κ3) is 3.03. The van der Waals surface area contributed by atoms with Gasteiger partial charge in [0.05, 0.1) is 5.54 Å². The van der Waals surface area contributed by atoms with Crippen LogP contribution in [0.3, 0.4) is 0 Å². The van der Waals surface area contributed by atoms with Gasteiger partial charge in [-0.2, -0.15) is 0 Å². The number of Topliss-reactive ketones (excluding diaryl/α,β-unsaturated/α-hetero) is 1. The lowest BCUT2D eigenvalue weighted by Gasteiger charge is -2.37. The molecule has 19 heavy (non-hydrogen) atoms. The number of carbonyl (C=O) groups is 1. The molecule has 1 unspecified atom stereocenters. The van der Waals surface area contributed by atoms with Crippen LogP contribution in [0.5, 0.6) is 5.75 Å². The van der Waals surface area contributed by atoms with Gasteiger partial charge in [-0.15, -0.1) is 6.58 Å². The first-order valence-electron chi connectivity index (χ1n) is 6.26. The maximum Gasteiger partial charge on any atom is 0.183 e. The highest BCUT2D eigenvalue weighted by Crippen LogP contribution is 2.27. The molecule has 0 fully saturated rings. The Morgan fingerprint density at radius 1 is 1.42 bits per heavy atom. The first-order valence-corrected chi connectivity index (χ1v) is 6.26. The van der Waals surface area contributed by atoms with Gasteiger partial charge in [0.25, 0.3) is 0 Å². The number of benzene rings is 1. The van der Waals surface area contributed by atoms with Crippen LogP contribution < -0.4 is 4.89 Å². The van der Waals surface area contributed by atoms with E-state index < -0.39 is 5.54 Å². The number of likely N-dealkylation sites (N-methyl/N-ethyl adjacent to an activating group) is 1. The van der Waals surface area contributed by atoms with Gasteiger partial charge < -0.3 is 4.89 Å². The topological polar surface area (TPSA) is 49.8 Å². The molecule has 4 heteroatoms. The van der Waals surface area contributed by atoms with Crippen molar-refractivity contribution in [3.63, 3.8) is 0 Å². The van der Waals surface area contributed by atoms with Gasteiger partial charge in [-0.1, -0.05) is 13.0 Å². The molecule has 1 N–H and O–H groups in total. The lowest BCUT2D eigenvalue weighted by molar-refractivity contribution is -0.137. The summed E-state index contributed by atoms with van der Waals surface area (Å²) in [6.07, 6.45) is 3.06. The van der Waals surface area contributed by atoms with Crippen LogP contribution in [0.2, 0.25) is 0 Å². The second kappa shape index (κ2) is 6.50. The lowest BCUT2D eigenvalue weighted by atomic mass is 9.82. The molecule has 0 bridgehead atoms. The first kappa shape index (κ1) is 15.4. The number of hydrogen-bond donors (Lipinski definition) is 1. The highest BCUT2D eigenvalue weighted by molar-refractivity contribution is 6.03. The van der Waals surface area contributed by atoms with E-state index in [9.17, 15) is 4.79 Å². The Kier molecular flexibility index (Phi) is 5.27. The average Bonchev–Trinajstić information content (AvgIpc) is 2.44. The summed E-state index contributed by atoms with van der Waals surface area (Å²) in [7, 11) is 3.80. The standard InChI is InChI=1S/C15H21NO3/c1-5-11-15(6-2,16(3)4)14(17)12-7-9-13(19-18)10-8-12/h5,7-10,18H,1,6,11H2,2-4H3. The van der Waals surface area contributed by atoms with Crippen molar-refractivity contribution in [1.29, 1.82) is 0 Å². The van der Waals surface area contributed by atoms with Crippen LogP contribution in [0.4, 0.5) is 0 Å². The Labute approximate surface area is 114 Å². The Hall–Kier alpha value is -1.65. The van der Waals surface area contributed by atoms with Gasteiger partial charge in [0.2, 0.25) is 0 Å². The highest BCUT2D eigenvalue weighted by atomic mass is 17.1. The summed E-state index contributed by atoms with van der Waals surface area (Å²) in [6.45, 7) is 5.74. The minimum Gasteiger partial charge on any atom is -0.340 e. The van der Waals surface area contributed by atoms with Crippen LogP contribution in [0.25, 0.3) is 0 Å². The average molecular weight is 263 g/mol. The van der Waals surface area contributed by atoms with E-state index in [1.165, 1.54) is 0 Å². The van der Waals surface area contributed by atoms with Gasteiger partial charge in [0.15, 0.2) is 11.5 Å². The van der Waals surface area contributed by atoms with E-state index in [0.717, 1.165) is 0 Å². The van der Waals surface area contributed by atoms with Crippen molar-refractivity contribution in [2.45, 2.75) is 25.3 Å². The van der Waals surface area contributed by atoms with Crippen molar-refractivity contribution < 1.29 is 14.9 Å². The minimum atomic E-state index is -0.580. The fraction of sp³-hybridized carbons (Fsp3) is 0.400. The molecule has 0 saturated carbocycles. The van der Waals surface area contributed by atoms with Crippen LogP contribution in [0, 0.1) is 0 Å². The predicted octanol–water partition coefficient (Wildman–Crippen LogP) is 3.01. The molecule has 0 spiro atoms. The third-order valence-corrected chi connectivity index (χ3v) is 3.57. The van der Waals surface area contributed by atoms with Gasteiger partial charge in [-0.3, -0.25) is 9.69 Å². The molecule has 0 heterocycles. The number of nitrogens with zero attached hydrogens (tertiary/aromatic N) is 1. The molecule has 4 nitrogen and oxygen atoms in total. The molecule has 0 saturated heterocycles. The summed E-state index contributed by atoms with van der Waals surface area (Å²) in [5, 5.41) is 8.54. The number of carbonyl (C=O) groups excluding carboxylic acids is 1. The summed E-state index contributed by atoms with van der Waals surface area (Å²) in [4.78, 5) is 18.8. The highest BCUT2D eigenvalue weighted by Gasteiger charge is 2.38. The zero-order valence-corrected chi connectivity index (χ0v) is 11.7. The van der Waals surface area contributed by atoms with Crippen molar-refractivity contribution >= 4 is 5.78 Å². The van der Waals surface area contributed by atoms with Gasteiger partial charge >= 0.3 is 0 Å². The van der Waals surface area contributed by atoms with E-state index in [1.54, 1.807) is 30.3 Å². The van der Waals surface area contributed by atoms with E-state index in [-0.39, 0.29) is 5.78 Å². The van der Waals surface area contributed by atoms with Crippen LogP contribution in [-0.4, -0.2) is 35.6 Å². The zero-order chi connectivity index (χ0) is 14.5. The molecular weight excluding hydrogens is 242 g/mol. The molecule has 1 rings (SSSR count). The summed E-state index contributed by atoms with van der Waals surface area (Å²) < 4.78 is 0. The van der Waals surface area contributed by atoms with E-state index in [2.05, 4.69) is 11.5 Å². The number of ketones is 1. The maximum atomic E-state index is 12.7. The Morgan fingerprint density at radius 2 is 2.00 bits per heavy atom. The van der Waals surface area contributed by atoms with Gasteiger partial charge in [0, 0.05) is 5.56 Å². The molecule has 1 aromatic rings. The summed E-state index contributed by atoms with van der Waals surface area (Å²) >= 11 is 0. The van der Waals surface area contributed by atoms with Gasteiger partial charge in [0.1, 0.15) is 0 Å². The van der Waals surface area contributed by atoms with Crippen LogP contribution >= 0.6 is 0 Å². The van der Waals surface area contributed by atoms with E-state index in [1.807, 2.05) is 25.9 Å². The first-order chi connectivity index (χ1) is 9.01. The van der Waals surface area contributed by atoms with E-state index in [0.29, 0.717) is 24.2 Å². The third-order valence-electron chi connectivity index (χ3n) is 3.57. The van der Waals surface area contributed by atoms with E-state index in [4.69, 9.17) is 5.26 Å². The zero-order valence-electron chi connectivity index (χ0n) is 11.7. The molecule has 0 aliphatic heterocycles. The SMILES string of the molecule is C=CCC(CC)(C(=O)c1ccc(OO)cc1)N(C)C. The molecule has 1 atom stereocenters. The van der Waals surface area contributed by atoms with Crippen molar-refractivity contribution in [2.24, 2.45) is 0 Å². The Morgan fingerprint density at radius 3 is 2.37 bits per heavy atom. The molecule has 0 aliphatic carbocycles. The molecule has 104 valence electrons. The second-order valence-corrected chi connectivity index (χ2v) is 4.72. The van der Waals surface area contributed by atoms with Gasteiger partial charge in [-0.05, 0) is 51.2 Å². The van der Waals surface area contributed by atoms with Crippen molar-refractivity contribution in [3.8, 4) is 5.75 Å². The summed E-state index contributed by atoms with van der Waals surface area (Å²) in [5.74, 6) is 0.358. The number of hydrogen-bond acceptors (Lipinski definition) is 4. The quantitative estimate of drug-likeness (QED) is 0.355. The van der Waals surface area contributed by atoms with Crippen molar-refractivity contribution in [2.75, 3.05) is 14.1 Å². The largest absolute Gasteiger partial charge is 0.340 e. The second-order valence-electron chi connectivity index (χ2n) is 4.72. The van der Waals surface area contributed by atoms with Crippen LogP contribution in [0.1, 0.15) is 30.1 Å². The predicted molar refractivity (Wildman–Crippen MR) is 75.6 cm³/mol. The van der Waals surface area contributed by atoms with Crippen molar-refractivity contribution in [1.82, 2.24) is 4.90 Å². The lowest BCUT2D eigenvalue weighted by Crippen LogP contribution is -2.50. The molecule has 0 aromatic heterocycles.